The van der Waals surface area contributed by atoms with Crippen LogP contribution in [0.15, 0.2) is 24.5 Å². The Morgan fingerprint density at radius 3 is 2.79 bits per heavy atom. The minimum absolute atomic E-state index is 0.121. The van der Waals surface area contributed by atoms with Gasteiger partial charge in [0.1, 0.15) is 5.82 Å². The second-order valence-corrected chi connectivity index (χ2v) is 8.06. The summed E-state index contributed by atoms with van der Waals surface area (Å²) >= 11 is 6.23. The van der Waals surface area contributed by atoms with Crippen molar-refractivity contribution in [3.63, 3.8) is 0 Å². The van der Waals surface area contributed by atoms with Crippen LogP contribution in [0.4, 0.5) is 0 Å². The Bertz CT molecular complexity index is 772. The molecule has 2 N–H and O–H groups in total. The summed E-state index contributed by atoms with van der Waals surface area (Å²) in [6.07, 6.45) is 5.68. The normalized spacial score (nSPS) is 26.7. The van der Waals surface area contributed by atoms with Gasteiger partial charge in [0, 0.05) is 12.1 Å². The number of pyridine rings is 1. The molecule has 1 saturated heterocycles. The van der Waals surface area contributed by atoms with E-state index in [-0.39, 0.29) is 11.8 Å². The second-order valence-electron chi connectivity index (χ2n) is 7.65. The zero-order valence-corrected chi connectivity index (χ0v) is 14.8. The highest BCUT2D eigenvalue weighted by Gasteiger charge is 2.41. The molecule has 2 aliphatic rings. The van der Waals surface area contributed by atoms with E-state index in [1.807, 2.05) is 36.6 Å². The fraction of sp³-hybridized carbons (Fsp3) is 0.556. The third-order valence-electron chi connectivity index (χ3n) is 5.54. The maximum atomic E-state index is 12.8. The SMILES string of the molecule is CC(C)(NC(=O)[C@@H]1C[C@H]2CNC[C@H]2C1)c1ncc2c(Cl)cccn12. The van der Waals surface area contributed by atoms with Crippen LogP contribution in [0, 0.1) is 17.8 Å². The van der Waals surface area contributed by atoms with Crippen molar-refractivity contribution in [2.75, 3.05) is 13.1 Å². The number of carbonyl (C=O) groups is 1. The zero-order valence-electron chi connectivity index (χ0n) is 14.1. The molecule has 1 saturated carbocycles. The number of rotatable bonds is 3. The van der Waals surface area contributed by atoms with Crippen LogP contribution >= 0.6 is 11.6 Å². The first kappa shape index (κ1) is 15.9. The molecule has 1 aliphatic heterocycles. The van der Waals surface area contributed by atoms with Crippen molar-refractivity contribution >= 4 is 23.0 Å². The molecule has 3 heterocycles. The van der Waals surface area contributed by atoms with Crippen molar-refractivity contribution in [1.82, 2.24) is 20.0 Å². The molecule has 3 atom stereocenters. The van der Waals surface area contributed by atoms with Crippen LogP contribution in [0.3, 0.4) is 0 Å². The maximum Gasteiger partial charge on any atom is 0.223 e. The molecule has 0 radical (unpaired) electrons. The second kappa shape index (κ2) is 5.74. The number of halogens is 1. The Kier molecular flexibility index (Phi) is 3.81. The molecule has 6 heteroatoms. The van der Waals surface area contributed by atoms with Gasteiger partial charge < -0.3 is 15.0 Å². The van der Waals surface area contributed by atoms with E-state index in [1.165, 1.54) is 0 Å². The molecular formula is C18H23ClN4O. The Balaban J connectivity index is 1.54. The summed E-state index contributed by atoms with van der Waals surface area (Å²) in [5, 5.41) is 7.30. The molecule has 5 nitrogen and oxygen atoms in total. The standard InChI is InChI=1S/C18H23ClN4O/c1-18(2,17-21-10-15-14(19)4-3-5-23(15)17)22-16(24)11-6-12-8-20-9-13(12)7-11/h3-5,10-13,20H,6-9H2,1-2H3,(H,22,24)/t11-,12+,13-. The largest absolute Gasteiger partial charge is 0.344 e. The van der Waals surface area contributed by atoms with E-state index in [4.69, 9.17) is 11.6 Å². The first-order valence-electron chi connectivity index (χ1n) is 8.60. The van der Waals surface area contributed by atoms with Gasteiger partial charge in [-0.3, -0.25) is 4.79 Å². The van der Waals surface area contributed by atoms with Gasteiger partial charge in [0.15, 0.2) is 0 Å². The smallest absolute Gasteiger partial charge is 0.223 e. The Morgan fingerprint density at radius 2 is 2.08 bits per heavy atom. The van der Waals surface area contributed by atoms with Gasteiger partial charge in [0.25, 0.3) is 0 Å². The Morgan fingerprint density at radius 1 is 1.38 bits per heavy atom. The van der Waals surface area contributed by atoms with Crippen LogP contribution in [-0.2, 0) is 10.3 Å². The van der Waals surface area contributed by atoms with Gasteiger partial charge in [-0.1, -0.05) is 11.6 Å². The van der Waals surface area contributed by atoms with E-state index in [1.54, 1.807) is 6.20 Å². The minimum Gasteiger partial charge on any atom is -0.344 e. The Hall–Kier alpha value is -1.59. The lowest BCUT2D eigenvalue weighted by Gasteiger charge is -2.27. The minimum atomic E-state index is -0.551. The topological polar surface area (TPSA) is 58.4 Å². The summed E-state index contributed by atoms with van der Waals surface area (Å²) in [4.78, 5) is 17.3. The molecule has 0 spiro atoms. The van der Waals surface area contributed by atoms with E-state index in [9.17, 15) is 4.79 Å². The summed E-state index contributed by atoms with van der Waals surface area (Å²) in [5.41, 5.74) is 0.308. The molecule has 0 unspecified atom stereocenters. The highest BCUT2D eigenvalue weighted by Crippen LogP contribution is 2.39. The maximum absolute atomic E-state index is 12.8. The van der Waals surface area contributed by atoms with E-state index in [2.05, 4.69) is 15.6 Å². The van der Waals surface area contributed by atoms with Crippen LogP contribution in [0.1, 0.15) is 32.5 Å². The van der Waals surface area contributed by atoms with Crippen LogP contribution in [-0.4, -0.2) is 28.4 Å². The summed E-state index contributed by atoms with van der Waals surface area (Å²) < 4.78 is 1.95. The molecule has 0 aromatic carbocycles. The van der Waals surface area contributed by atoms with Gasteiger partial charge >= 0.3 is 0 Å². The fourth-order valence-electron chi connectivity index (χ4n) is 4.30. The predicted molar refractivity (Wildman–Crippen MR) is 93.9 cm³/mol. The van der Waals surface area contributed by atoms with Gasteiger partial charge in [0.05, 0.1) is 22.3 Å². The molecule has 1 amide bonds. The molecule has 2 fully saturated rings. The van der Waals surface area contributed by atoms with Crippen molar-refractivity contribution < 1.29 is 4.79 Å². The van der Waals surface area contributed by atoms with Crippen molar-refractivity contribution in [3.8, 4) is 0 Å². The number of amides is 1. The number of hydrogen-bond donors (Lipinski definition) is 2. The van der Waals surface area contributed by atoms with Gasteiger partial charge in [-0.15, -0.1) is 0 Å². The third-order valence-corrected chi connectivity index (χ3v) is 5.86. The van der Waals surface area contributed by atoms with Gasteiger partial charge in [0.2, 0.25) is 5.91 Å². The van der Waals surface area contributed by atoms with Crippen molar-refractivity contribution in [3.05, 3.63) is 35.4 Å². The number of fused-ring (bicyclic) bond motifs is 2. The lowest BCUT2D eigenvalue weighted by atomic mass is 9.99. The number of hydrogen-bond acceptors (Lipinski definition) is 3. The van der Waals surface area contributed by atoms with Crippen LogP contribution in [0.5, 0.6) is 0 Å². The van der Waals surface area contributed by atoms with Gasteiger partial charge in [-0.25, -0.2) is 4.98 Å². The molecule has 4 rings (SSSR count). The first-order chi connectivity index (χ1) is 11.5. The average Bonchev–Trinajstić information content (AvgIpc) is 3.21. The van der Waals surface area contributed by atoms with E-state index in [0.717, 1.165) is 37.3 Å². The van der Waals surface area contributed by atoms with Crippen molar-refractivity contribution in [1.29, 1.82) is 0 Å². The fourth-order valence-corrected chi connectivity index (χ4v) is 4.51. The van der Waals surface area contributed by atoms with Crippen molar-refractivity contribution in [2.45, 2.75) is 32.2 Å². The number of nitrogens with zero attached hydrogens (tertiary/aromatic N) is 2. The monoisotopic (exact) mass is 346 g/mol. The summed E-state index contributed by atoms with van der Waals surface area (Å²) in [7, 11) is 0. The lowest BCUT2D eigenvalue weighted by Crippen LogP contribution is -2.45. The van der Waals surface area contributed by atoms with E-state index >= 15 is 0 Å². The molecule has 24 heavy (non-hydrogen) atoms. The number of imidazole rings is 1. The van der Waals surface area contributed by atoms with Gasteiger partial charge in [-0.05, 0) is 63.7 Å². The number of nitrogens with one attached hydrogen (secondary N) is 2. The molecule has 1 aliphatic carbocycles. The predicted octanol–water partition coefficient (Wildman–Crippen LogP) is 2.58. The van der Waals surface area contributed by atoms with Crippen molar-refractivity contribution in [2.24, 2.45) is 17.8 Å². The van der Waals surface area contributed by atoms with E-state index in [0.29, 0.717) is 16.9 Å². The van der Waals surface area contributed by atoms with Crippen LogP contribution in [0.2, 0.25) is 5.02 Å². The summed E-state index contributed by atoms with van der Waals surface area (Å²) in [6, 6.07) is 3.74. The van der Waals surface area contributed by atoms with E-state index < -0.39 is 5.54 Å². The van der Waals surface area contributed by atoms with Crippen LogP contribution in [0.25, 0.3) is 5.52 Å². The number of carbonyl (C=O) groups excluding carboxylic acids is 1. The highest BCUT2D eigenvalue weighted by molar-refractivity contribution is 6.33. The molecule has 0 bridgehead atoms. The van der Waals surface area contributed by atoms with Gasteiger partial charge in [-0.2, -0.15) is 0 Å². The molecule has 128 valence electrons. The Labute approximate surface area is 146 Å². The molecule has 2 aromatic rings. The van der Waals surface area contributed by atoms with Crippen LogP contribution < -0.4 is 10.6 Å². The summed E-state index contributed by atoms with van der Waals surface area (Å²) in [5.74, 6) is 2.39. The highest BCUT2D eigenvalue weighted by atomic mass is 35.5. The lowest BCUT2D eigenvalue weighted by molar-refractivity contribution is -0.126. The quantitative estimate of drug-likeness (QED) is 0.898. The molecule has 2 aromatic heterocycles. The number of aromatic nitrogens is 2. The molecular weight excluding hydrogens is 324 g/mol. The summed E-state index contributed by atoms with van der Waals surface area (Å²) in [6.45, 7) is 6.11. The first-order valence-corrected chi connectivity index (χ1v) is 8.98. The third kappa shape index (κ3) is 2.60. The average molecular weight is 347 g/mol. The zero-order chi connectivity index (χ0) is 16.9.